The minimum atomic E-state index is -0.606. The van der Waals surface area contributed by atoms with Crippen molar-refractivity contribution in [3.63, 3.8) is 0 Å². The van der Waals surface area contributed by atoms with E-state index in [2.05, 4.69) is 33.8 Å². The van der Waals surface area contributed by atoms with Crippen molar-refractivity contribution in [1.82, 2.24) is 0 Å². The number of carbonyl (C=O) groups is 2. The summed E-state index contributed by atoms with van der Waals surface area (Å²) in [5.74, 6) is -0.771. The van der Waals surface area contributed by atoms with Gasteiger partial charge in [-0.25, -0.2) is 9.18 Å². The topological polar surface area (TPSA) is 93.1 Å². The predicted octanol–water partition coefficient (Wildman–Crippen LogP) is 7.33. The van der Waals surface area contributed by atoms with E-state index < -0.39 is 30.0 Å². The second-order valence-electron chi connectivity index (χ2n) is 15.2. The van der Waals surface area contributed by atoms with Gasteiger partial charge in [0, 0.05) is 12.5 Å². The molecule has 1 aromatic carbocycles. The largest absolute Gasteiger partial charge is 0.458 e. The van der Waals surface area contributed by atoms with Gasteiger partial charge in [-0.3, -0.25) is 4.79 Å². The van der Waals surface area contributed by atoms with Crippen molar-refractivity contribution < 1.29 is 33.7 Å². The van der Waals surface area contributed by atoms with Crippen LogP contribution in [-0.2, 0) is 14.3 Å². The van der Waals surface area contributed by atoms with Crippen molar-refractivity contribution in [2.75, 3.05) is 0 Å². The highest BCUT2D eigenvalue weighted by atomic mass is 19.1. The molecule has 10 atom stereocenters. The molecule has 0 aromatic heterocycles. The van der Waals surface area contributed by atoms with E-state index in [0.29, 0.717) is 37.2 Å². The van der Waals surface area contributed by atoms with Crippen molar-refractivity contribution in [3.05, 3.63) is 52.9 Å². The van der Waals surface area contributed by atoms with Crippen molar-refractivity contribution in [1.29, 1.82) is 0 Å². The molecule has 4 saturated carbocycles. The van der Waals surface area contributed by atoms with Gasteiger partial charge in [-0.2, -0.15) is 0 Å². The Hall–Kier alpha value is -2.51. The molecule has 0 radical (unpaired) electrons. The van der Waals surface area contributed by atoms with Crippen molar-refractivity contribution in [3.8, 4) is 5.75 Å². The molecule has 4 aliphatic carbocycles. The van der Waals surface area contributed by atoms with Gasteiger partial charge >= 0.3 is 11.9 Å². The zero-order valence-electron chi connectivity index (χ0n) is 27.5. The van der Waals surface area contributed by atoms with Gasteiger partial charge in [0.15, 0.2) is 0 Å². The molecular weight excluding hydrogens is 559 g/mol. The summed E-state index contributed by atoms with van der Waals surface area (Å²) in [7, 11) is 0. The Labute approximate surface area is 262 Å². The van der Waals surface area contributed by atoms with Crippen LogP contribution in [0.1, 0.15) is 99.8 Å². The van der Waals surface area contributed by atoms with Gasteiger partial charge in [-0.1, -0.05) is 39.3 Å². The van der Waals surface area contributed by atoms with Gasteiger partial charge in [0.25, 0.3) is 0 Å². The van der Waals surface area contributed by atoms with Crippen LogP contribution in [0, 0.1) is 45.7 Å². The van der Waals surface area contributed by atoms with Crippen molar-refractivity contribution >= 4 is 11.9 Å². The Balaban J connectivity index is 1.61. The first-order valence-electron chi connectivity index (χ1n) is 16.5. The monoisotopic (exact) mass is 610 g/mol. The minimum Gasteiger partial charge on any atom is -0.458 e. The minimum absolute atomic E-state index is 0.0163. The number of rotatable bonds is 6. The molecule has 0 unspecified atom stereocenters. The lowest BCUT2D eigenvalue weighted by Crippen LogP contribution is -2.65. The average Bonchev–Trinajstić information content (AvgIpc) is 3.21. The number of aliphatic hydroxyl groups is 2. The Morgan fingerprint density at radius 3 is 2.32 bits per heavy atom. The SMILES string of the molecule is CC(=O)O[C@H]1C[C@@]2(C)[C@@H](C[C@@H](O)[C@H]3[C@@]4(C)CC[C@@H](O)[C@@H](C)[C@@H]4CC[C@@]32C)/C1=C(\CCC=C(C)C)C(=O)Oc1ccc(F)cc1. The molecule has 0 heterocycles. The number of ether oxygens (including phenoxy) is 2. The highest BCUT2D eigenvalue weighted by Crippen LogP contribution is 2.74. The summed E-state index contributed by atoms with van der Waals surface area (Å²) in [4.78, 5) is 26.5. The Bertz CT molecular complexity index is 1330. The number of benzene rings is 1. The molecule has 6 nitrogen and oxygen atoms in total. The van der Waals surface area contributed by atoms with E-state index in [1.165, 1.54) is 31.2 Å². The molecule has 0 amide bonds. The van der Waals surface area contributed by atoms with Crippen LogP contribution >= 0.6 is 0 Å². The average molecular weight is 611 g/mol. The summed E-state index contributed by atoms with van der Waals surface area (Å²) in [5.41, 5.74) is 1.63. The quantitative estimate of drug-likeness (QED) is 0.152. The standard InChI is InChI=1S/C37H51FO6/c1-21(2)9-8-10-26(34(42)44-25-13-11-24(38)12-14-25)32-28-19-30(41)33-35(5)17-16-29(40)22(3)27(35)15-18-36(33,6)37(28,7)20-31(32)43-23(4)39/h9,11-14,22,27-31,33,40-41H,8,10,15-20H2,1-7H3/b32-26-/t22-,27-,28-,29+,30+,31-,33-,35-,36-,37-/m0/s1. The molecule has 7 heteroatoms. The lowest BCUT2D eigenvalue weighted by molar-refractivity contribution is -0.234. The van der Waals surface area contributed by atoms with E-state index in [1.807, 2.05) is 13.8 Å². The number of carbonyl (C=O) groups excluding carboxylic acids is 2. The van der Waals surface area contributed by atoms with Gasteiger partial charge < -0.3 is 19.7 Å². The maximum atomic E-state index is 14.0. The fraction of sp³-hybridized carbons (Fsp3) is 0.676. The first-order chi connectivity index (χ1) is 20.6. The summed E-state index contributed by atoms with van der Waals surface area (Å²) in [6.45, 7) is 14.5. The Kier molecular flexibility index (Phi) is 8.98. The fourth-order valence-corrected chi connectivity index (χ4v) is 10.4. The van der Waals surface area contributed by atoms with E-state index in [-0.39, 0.29) is 45.9 Å². The van der Waals surface area contributed by atoms with Gasteiger partial charge in [0.05, 0.1) is 12.2 Å². The summed E-state index contributed by atoms with van der Waals surface area (Å²) in [6.07, 6.45) is 6.07. The molecule has 2 N–H and O–H groups in total. The first-order valence-corrected chi connectivity index (χ1v) is 16.5. The molecule has 4 fully saturated rings. The zero-order valence-corrected chi connectivity index (χ0v) is 27.5. The molecule has 44 heavy (non-hydrogen) atoms. The Morgan fingerprint density at radius 1 is 1.00 bits per heavy atom. The second-order valence-corrected chi connectivity index (χ2v) is 15.2. The van der Waals surface area contributed by atoms with E-state index >= 15 is 0 Å². The van der Waals surface area contributed by atoms with E-state index in [1.54, 1.807) is 0 Å². The number of allylic oxidation sites excluding steroid dienone is 2. The van der Waals surface area contributed by atoms with E-state index in [9.17, 15) is 24.2 Å². The fourth-order valence-electron chi connectivity index (χ4n) is 10.4. The highest BCUT2D eigenvalue weighted by molar-refractivity contribution is 5.91. The summed E-state index contributed by atoms with van der Waals surface area (Å²) < 4.78 is 25.5. The lowest BCUT2D eigenvalue weighted by Gasteiger charge is -2.69. The van der Waals surface area contributed by atoms with Crippen LogP contribution in [0.3, 0.4) is 0 Å². The third-order valence-corrected chi connectivity index (χ3v) is 12.6. The van der Waals surface area contributed by atoms with Gasteiger partial charge in [-0.15, -0.1) is 0 Å². The zero-order chi connectivity index (χ0) is 32.2. The lowest BCUT2D eigenvalue weighted by atomic mass is 9.36. The molecule has 5 rings (SSSR count). The molecule has 0 spiro atoms. The molecule has 0 saturated heterocycles. The van der Waals surface area contributed by atoms with Crippen LogP contribution in [-0.4, -0.2) is 40.5 Å². The predicted molar refractivity (Wildman–Crippen MR) is 167 cm³/mol. The Morgan fingerprint density at radius 2 is 1.68 bits per heavy atom. The number of fused-ring (bicyclic) bond motifs is 5. The van der Waals surface area contributed by atoms with Crippen molar-refractivity contribution in [2.45, 2.75) is 118 Å². The second kappa shape index (κ2) is 12.0. The molecule has 1 aromatic rings. The number of esters is 2. The summed E-state index contributed by atoms with van der Waals surface area (Å²) in [6, 6.07) is 5.39. The molecular formula is C37H51FO6. The normalized spacial score (nSPS) is 40.6. The summed E-state index contributed by atoms with van der Waals surface area (Å²) in [5, 5.41) is 22.9. The molecule has 4 aliphatic rings. The molecule has 242 valence electrons. The van der Waals surface area contributed by atoms with Crippen LogP contribution < -0.4 is 4.74 Å². The maximum Gasteiger partial charge on any atom is 0.339 e. The van der Waals surface area contributed by atoms with Gasteiger partial charge in [0.2, 0.25) is 0 Å². The van der Waals surface area contributed by atoms with Crippen molar-refractivity contribution in [2.24, 2.45) is 39.9 Å². The number of aliphatic hydroxyl groups excluding tert-OH is 2. The van der Waals surface area contributed by atoms with Gasteiger partial charge in [-0.05, 0) is 135 Å². The van der Waals surface area contributed by atoms with E-state index in [4.69, 9.17) is 9.47 Å². The van der Waals surface area contributed by atoms with Crippen LogP contribution in [0.5, 0.6) is 5.75 Å². The first kappa shape index (κ1) is 32.9. The smallest absolute Gasteiger partial charge is 0.339 e. The third-order valence-electron chi connectivity index (χ3n) is 12.6. The third kappa shape index (κ3) is 5.46. The maximum absolute atomic E-state index is 14.0. The summed E-state index contributed by atoms with van der Waals surface area (Å²) >= 11 is 0. The number of hydrogen-bond acceptors (Lipinski definition) is 6. The molecule has 0 aliphatic heterocycles. The number of halogens is 1. The van der Waals surface area contributed by atoms with Crippen LogP contribution in [0.25, 0.3) is 0 Å². The molecule has 0 bridgehead atoms. The van der Waals surface area contributed by atoms with Crippen LogP contribution in [0.2, 0.25) is 0 Å². The number of hydrogen-bond donors (Lipinski definition) is 2. The highest BCUT2D eigenvalue weighted by Gasteiger charge is 2.70. The van der Waals surface area contributed by atoms with Gasteiger partial charge in [0.1, 0.15) is 17.7 Å². The van der Waals surface area contributed by atoms with E-state index in [0.717, 1.165) is 36.8 Å². The van der Waals surface area contributed by atoms with Crippen LogP contribution in [0.15, 0.2) is 47.1 Å². The van der Waals surface area contributed by atoms with Crippen LogP contribution in [0.4, 0.5) is 4.39 Å².